The van der Waals surface area contributed by atoms with Crippen molar-refractivity contribution in [1.82, 2.24) is 4.90 Å². The van der Waals surface area contributed by atoms with E-state index in [9.17, 15) is 4.79 Å². The zero-order chi connectivity index (χ0) is 12.7. The highest BCUT2D eigenvalue weighted by Gasteiger charge is 2.06. The Morgan fingerprint density at radius 2 is 2.29 bits per heavy atom. The van der Waals surface area contributed by atoms with Crippen LogP contribution in [-0.4, -0.2) is 31.4 Å². The van der Waals surface area contributed by atoms with Crippen LogP contribution in [0.15, 0.2) is 35.5 Å². The summed E-state index contributed by atoms with van der Waals surface area (Å²) in [6, 6.07) is 7.28. The van der Waals surface area contributed by atoms with E-state index in [0.717, 1.165) is 5.56 Å². The van der Waals surface area contributed by atoms with E-state index in [4.69, 9.17) is 5.53 Å². The summed E-state index contributed by atoms with van der Waals surface area (Å²) in [7, 11) is 3.43. The molecule has 1 aromatic rings. The third-order valence-corrected chi connectivity index (χ3v) is 2.10. The average Bonchev–Trinajstić information content (AvgIpc) is 2.34. The Morgan fingerprint density at radius 3 is 2.94 bits per heavy atom. The molecular weight excluding hydrogens is 216 g/mol. The van der Waals surface area contributed by atoms with Gasteiger partial charge < -0.3 is 4.90 Å². The molecule has 0 bridgehead atoms. The van der Waals surface area contributed by atoms with Gasteiger partial charge in [0.25, 0.3) is 5.91 Å². The molecule has 1 rings (SSSR count). The van der Waals surface area contributed by atoms with Gasteiger partial charge in [-0.25, -0.2) is 0 Å². The molecule has 17 heavy (non-hydrogen) atoms. The second kappa shape index (κ2) is 6.35. The largest absolute Gasteiger partial charge is 0.345 e. The molecule has 0 saturated heterocycles. The van der Waals surface area contributed by atoms with Crippen LogP contribution in [0.3, 0.4) is 0 Å². The number of amides is 1. The molecule has 0 fully saturated rings. The Bertz CT molecular complexity index is 473. The van der Waals surface area contributed by atoms with Crippen molar-refractivity contribution in [2.75, 3.05) is 20.6 Å². The van der Waals surface area contributed by atoms with Gasteiger partial charge in [0.1, 0.15) is 0 Å². The smallest absolute Gasteiger partial charge is 0.253 e. The molecule has 1 amide bonds. The van der Waals surface area contributed by atoms with Crippen LogP contribution in [0, 0.1) is 0 Å². The van der Waals surface area contributed by atoms with Crippen molar-refractivity contribution in [2.24, 2.45) is 5.11 Å². The summed E-state index contributed by atoms with van der Waals surface area (Å²) in [5.41, 5.74) is 9.66. The topological polar surface area (TPSA) is 69.1 Å². The number of benzene rings is 1. The van der Waals surface area contributed by atoms with Crippen LogP contribution in [-0.2, 0) is 0 Å². The Labute approximate surface area is 100.0 Å². The Hall–Kier alpha value is -2.26. The first-order chi connectivity index (χ1) is 8.15. The predicted octanol–water partition coefficient (Wildman–Crippen LogP) is 2.71. The molecule has 0 N–H and O–H groups in total. The standard InChI is InChI=1S/C12H14N4O/c1-16(2)12(17)11-7-3-5-10(9-11)6-4-8-14-15-13/h3-7,9H,8H2,1-2H3. The van der Waals surface area contributed by atoms with Gasteiger partial charge in [0, 0.05) is 31.1 Å². The van der Waals surface area contributed by atoms with Gasteiger partial charge in [-0.15, -0.1) is 0 Å². The van der Waals surface area contributed by atoms with E-state index in [2.05, 4.69) is 10.0 Å². The monoisotopic (exact) mass is 230 g/mol. The predicted molar refractivity (Wildman–Crippen MR) is 67.5 cm³/mol. The molecule has 88 valence electrons. The molecule has 0 aliphatic heterocycles. The van der Waals surface area contributed by atoms with Gasteiger partial charge in [0.05, 0.1) is 0 Å². The molecule has 0 heterocycles. The van der Waals surface area contributed by atoms with Gasteiger partial charge in [0.15, 0.2) is 0 Å². The fraction of sp³-hybridized carbons (Fsp3) is 0.250. The maximum atomic E-state index is 11.7. The van der Waals surface area contributed by atoms with Gasteiger partial charge in [-0.3, -0.25) is 4.79 Å². The van der Waals surface area contributed by atoms with Gasteiger partial charge in [0.2, 0.25) is 0 Å². The number of azide groups is 1. The average molecular weight is 230 g/mol. The molecule has 5 nitrogen and oxygen atoms in total. The van der Waals surface area contributed by atoms with Crippen molar-refractivity contribution in [2.45, 2.75) is 0 Å². The van der Waals surface area contributed by atoms with Gasteiger partial charge >= 0.3 is 0 Å². The van der Waals surface area contributed by atoms with Crippen molar-refractivity contribution in [3.8, 4) is 0 Å². The maximum absolute atomic E-state index is 11.7. The van der Waals surface area contributed by atoms with E-state index in [1.54, 1.807) is 32.3 Å². The molecule has 0 spiro atoms. The minimum Gasteiger partial charge on any atom is -0.345 e. The molecule has 0 saturated carbocycles. The van der Waals surface area contributed by atoms with Crippen molar-refractivity contribution in [3.63, 3.8) is 0 Å². The highest BCUT2D eigenvalue weighted by Crippen LogP contribution is 2.08. The van der Waals surface area contributed by atoms with Crippen molar-refractivity contribution >= 4 is 12.0 Å². The fourth-order valence-electron chi connectivity index (χ4n) is 1.31. The molecular formula is C12H14N4O. The third-order valence-electron chi connectivity index (χ3n) is 2.10. The van der Waals surface area contributed by atoms with E-state index in [-0.39, 0.29) is 5.91 Å². The van der Waals surface area contributed by atoms with Gasteiger partial charge in [-0.2, -0.15) is 0 Å². The van der Waals surface area contributed by atoms with E-state index >= 15 is 0 Å². The Morgan fingerprint density at radius 1 is 1.53 bits per heavy atom. The van der Waals surface area contributed by atoms with Crippen molar-refractivity contribution in [3.05, 3.63) is 51.9 Å². The fourth-order valence-corrected chi connectivity index (χ4v) is 1.31. The summed E-state index contributed by atoms with van der Waals surface area (Å²) in [5, 5.41) is 3.39. The minimum absolute atomic E-state index is 0.0321. The Kier molecular flexibility index (Phi) is 4.78. The van der Waals surface area contributed by atoms with Crippen molar-refractivity contribution < 1.29 is 4.79 Å². The summed E-state index contributed by atoms with van der Waals surface area (Å²) in [6.45, 7) is 0.308. The lowest BCUT2D eigenvalue weighted by molar-refractivity contribution is 0.0827. The van der Waals surface area contributed by atoms with E-state index < -0.39 is 0 Å². The lowest BCUT2D eigenvalue weighted by Crippen LogP contribution is -2.21. The third kappa shape index (κ3) is 4.01. The number of nitrogens with zero attached hydrogens (tertiary/aromatic N) is 4. The number of rotatable bonds is 4. The van der Waals surface area contributed by atoms with E-state index in [1.165, 1.54) is 4.90 Å². The highest BCUT2D eigenvalue weighted by atomic mass is 16.2. The Balaban J connectivity index is 2.82. The SMILES string of the molecule is CN(C)C(=O)c1cccc(C=CCN=[N+]=[N-])c1. The number of carbonyl (C=O) groups excluding carboxylic acids is 1. The quantitative estimate of drug-likeness (QED) is 0.445. The maximum Gasteiger partial charge on any atom is 0.253 e. The zero-order valence-electron chi connectivity index (χ0n) is 9.87. The lowest BCUT2D eigenvalue weighted by atomic mass is 10.1. The molecule has 5 heteroatoms. The summed E-state index contributed by atoms with van der Waals surface area (Å²) in [4.78, 5) is 15.9. The lowest BCUT2D eigenvalue weighted by Gasteiger charge is -2.10. The highest BCUT2D eigenvalue weighted by molar-refractivity contribution is 5.94. The first-order valence-electron chi connectivity index (χ1n) is 5.14. The molecule has 0 radical (unpaired) electrons. The number of hydrogen-bond donors (Lipinski definition) is 0. The first-order valence-corrected chi connectivity index (χ1v) is 5.14. The number of carbonyl (C=O) groups is 1. The molecule has 0 aliphatic rings. The summed E-state index contributed by atoms with van der Waals surface area (Å²) < 4.78 is 0. The van der Waals surface area contributed by atoms with Crippen LogP contribution in [0.2, 0.25) is 0 Å². The van der Waals surface area contributed by atoms with Crippen LogP contribution >= 0.6 is 0 Å². The van der Waals surface area contributed by atoms with Crippen LogP contribution < -0.4 is 0 Å². The van der Waals surface area contributed by atoms with Crippen molar-refractivity contribution in [1.29, 1.82) is 0 Å². The summed E-state index contributed by atoms with van der Waals surface area (Å²) in [6.07, 6.45) is 3.57. The summed E-state index contributed by atoms with van der Waals surface area (Å²) in [5.74, 6) is -0.0321. The molecule has 1 aromatic carbocycles. The van der Waals surface area contributed by atoms with Crippen LogP contribution in [0.4, 0.5) is 0 Å². The zero-order valence-corrected chi connectivity index (χ0v) is 9.87. The minimum atomic E-state index is -0.0321. The van der Waals surface area contributed by atoms with Crippen LogP contribution in [0.1, 0.15) is 15.9 Å². The molecule has 0 aromatic heterocycles. The normalized spacial score (nSPS) is 10.0. The number of hydrogen-bond acceptors (Lipinski definition) is 2. The molecule has 0 unspecified atom stereocenters. The second-order valence-electron chi connectivity index (χ2n) is 3.64. The van der Waals surface area contributed by atoms with E-state index in [1.807, 2.05) is 18.2 Å². The van der Waals surface area contributed by atoms with Gasteiger partial charge in [-0.05, 0) is 23.2 Å². The van der Waals surface area contributed by atoms with Gasteiger partial charge in [-0.1, -0.05) is 29.4 Å². The molecule has 0 aliphatic carbocycles. The van der Waals surface area contributed by atoms with E-state index in [0.29, 0.717) is 12.1 Å². The van der Waals surface area contributed by atoms with Crippen LogP contribution in [0.5, 0.6) is 0 Å². The first kappa shape index (κ1) is 12.8. The molecule has 0 atom stereocenters. The summed E-state index contributed by atoms with van der Waals surface area (Å²) >= 11 is 0. The second-order valence-corrected chi connectivity index (χ2v) is 3.64. The van der Waals surface area contributed by atoms with Crippen LogP contribution in [0.25, 0.3) is 16.5 Å².